The summed E-state index contributed by atoms with van der Waals surface area (Å²) in [6.07, 6.45) is 0. The van der Waals surface area contributed by atoms with E-state index in [0.29, 0.717) is 0 Å². The van der Waals surface area contributed by atoms with Crippen molar-refractivity contribution in [3.63, 3.8) is 0 Å². The van der Waals surface area contributed by atoms with Gasteiger partial charge in [0.1, 0.15) is 5.82 Å². The van der Waals surface area contributed by atoms with Crippen LogP contribution in [-0.2, 0) is 4.79 Å². The van der Waals surface area contributed by atoms with Gasteiger partial charge in [-0.2, -0.15) is 5.10 Å². The summed E-state index contributed by atoms with van der Waals surface area (Å²) in [7, 11) is 0. The van der Waals surface area contributed by atoms with Crippen LogP contribution < -0.4 is 5.32 Å². The summed E-state index contributed by atoms with van der Waals surface area (Å²) < 4.78 is 1.89. The van der Waals surface area contributed by atoms with E-state index in [-0.39, 0.29) is 16.4 Å². The highest BCUT2D eigenvalue weighted by Crippen LogP contribution is 2.47. The van der Waals surface area contributed by atoms with Crippen LogP contribution in [0.15, 0.2) is 41.8 Å². The normalized spacial score (nSPS) is 20.0. The zero-order valence-corrected chi connectivity index (χ0v) is 15.9. The lowest BCUT2D eigenvalue weighted by Gasteiger charge is -2.15. The number of fused-ring (bicyclic) bond motifs is 1. The number of thiophene rings is 1. The van der Waals surface area contributed by atoms with Crippen LogP contribution in [0.3, 0.4) is 0 Å². The molecule has 2 atom stereocenters. The Balaban J connectivity index is 1.94. The molecule has 0 bridgehead atoms. The summed E-state index contributed by atoms with van der Waals surface area (Å²) in [5, 5.41) is 9.98. The molecule has 1 N–H and O–H groups in total. The number of amides is 1. The number of anilines is 1. The van der Waals surface area contributed by atoms with Gasteiger partial charge in [-0.05, 0) is 43.8 Å². The summed E-state index contributed by atoms with van der Waals surface area (Å²) in [6.45, 7) is 6.05. The van der Waals surface area contributed by atoms with Crippen molar-refractivity contribution in [2.24, 2.45) is 0 Å². The maximum Gasteiger partial charge on any atom is 0.238 e. The largest absolute Gasteiger partial charge is 0.309 e. The number of benzene rings is 1. The maximum absolute atomic E-state index is 12.6. The first-order valence-electron chi connectivity index (χ1n) is 8.21. The zero-order chi connectivity index (χ0) is 17.6. The monoisotopic (exact) mass is 369 g/mol. The van der Waals surface area contributed by atoms with Gasteiger partial charge in [-0.15, -0.1) is 23.1 Å². The molecule has 0 spiro atoms. The van der Waals surface area contributed by atoms with Crippen molar-refractivity contribution in [1.82, 2.24) is 9.78 Å². The van der Waals surface area contributed by atoms with Gasteiger partial charge in [0.25, 0.3) is 0 Å². The topological polar surface area (TPSA) is 46.9 Å². The fourth-order valence-corrected chi connectivity index (χ4v) is 5.42. The predicted octanol–water partition coefficient (Wildman–Crippen LogP) is 4.71. The smallest absolute Gasteiger partial charge is 0.238 e. The minimum absolute atomic E-state index is 0.0278. The lowest BCUT2D eigenvalue weighted by Crippen LogP contribution is -2.22. The van der Waals surface area contributed by atoms with Gasteiger partial charge in [0.2, 0.25) is 5.91 Å². The summed E-state index contributed by atoms with van der Waals surface area (Å²) >= 11 is 3.41. The third-order valence-corrected chi connectivity index (χ3v) is 6.94. The molecular formula is C19H19N3OS2. The molecule has 0 aliphatic carbocycles. The summed E-state index contributed by atoms with van der Waals surface area (Å²) in [4.78, 5) is 13.9. The Kier molecular flexibility index (Phi) is 4.17. The number of thioether (sulfide) groups is 1. The van der Waals surface area contributed by atoms with E-state index in [2.05, 4.69) is 35.8 Å². The highest BCUT2D eigenvalue weighted by Gasteiger charge is 2.34. The molecule has 1 aliphatic rings. The molecular weight excluding hydrogens is 350 g/mol. The highest BCUT2D eigenvalue weighted by molar-refractivity contribution is 8.01. The fraction of sp³-hybridized carbons (Fsp3) is 0.263. The van der Waals surface area contributed by atoms with Crippen molar-refractivity contribution in [3.05, 3.63) is 63.5 Å². The number of aryl methyl sites for hydroxylation is 2. The Labute approximate surface area is 155 Å². The Hall–Kier alpha value is -2.05. The highest BCUT2D eigenvalue weighted by atomic mass is 32.2. The van der Waals surface area contributed by atoms with Gasteiger partial charge >= 0.3 is 0 Å². The molecule has 0 saturated carbocycles. The van der Waals surface area contributed by atoms with Crippen molar-refractivity contribution in [2.75, 3.05) is 5.32 Å². The van der Waals surface area contributed by atoms with Crippen LogP contribution in [-0.4, -0.2) is 20.9 Å². The van der Waals surface area contributed by atoms with E-state index in [1.807, 2.05) is 36.7 Å². The van der Waals surface area contributed by atoms with Gasteiger partial charge in [-0.3, -0.25) is 4.79 Å². The minimum atomic E-state index is -0.121. The molecule has 0 unspecified atom stereocenters. The molecule has 25 heavy (non-hydrogen) atoms. The van der Waals surface area contributed by atoms with Crippen molar-refractivity contribution >= 4 is 34.8 Å². The number of hydrogen-bond donors (Lipinski definition) is 1. The van der Waals surface area contributed by atoms with Gasteiger partial charge in [0.05, 0.1) is 21.9 Å². The van der Waals surface area contributed by atoms with Crippen LogP contribution in [0.1, 0.15) is 33.9 Å². The molecule has 3 aromatic rings. The van der Waals surface area contributed by atoms with E-state index in [1.54, 1.807) is 23.1 Å². The Morgan fingerprint density at radius 2 is 1.96 bits per heavy atom. The lowest BCUT2D eigenvalue weighted by atomic mass is 10.1. The van der Waals surface area contributed by atoms with E-state index in [1.165, 1.54) is 4.88 Å². The Bertz CT molecular complexity index is 930. The van der Waals surface area contributed by atoms with Gasteiger partial charge in [-0.25, -0.2) is 4.68 Å². The number of nitrogens with zero attached hydrogens (tertiary/aromatic N) is 2. The first-order chi connectivity index (χ1) is 12.1. The fourth-order valence-electron chi connectivity index (χ4n) is 3.15. The number of nitrogens with one attached hydrogen (secondary N) is 1. The molecule has 0 fully saturated rings. The predicted molar refractivity (Wildman–Crippen MR) is 105 cm³/mol. The first-order valence-corrected chi connectivity index (χ1v) is 10.0. The van der Waals surface area contributed by atoms with Crippen molar-refractivity contribution in [3.8, 4) is 5.69 Å². The molecule has 1 aliphatic heterocycles. The van der Waals surface area contributed by atoms with Crippen LogP contribution in [0.2, 0.25) is 0 Å². The molecule has 2 aromatic heterocycles. The number of hydrogen-bond acceptors (Lipinski definition) is 4. The van der Waals surface area contributed by atoms with Crippen LogP contribution in [0.4, 0.5) is 5.82 Å². The molecule has 3 heterocycles. The van der Waals surface area contributed by atoms with Crippen LogP contribution in [0.5, 0.6) is 0 Å². The third kappa shape index (κ3) is 2.79. The first kappa shape index (κ1) is 16.4. The average molecular weight is 370 g/mol. The Morgan fingerprint density at radius 3 is 2.68 bits per heavy atom. The summed E-state index contributed by atoms with van der Waals surface area (Å²) in [5.41, 5.74) is 4.18. The van der Waals surface area contributed by atoms with Gasteiger partial charge in [0.15, 0.2) is 0 Å². The second kappa shape index (κ2) is 6.35. The number of carbonyl (C=O) groups is 1. The number of para-hydroxylation sites is 1. The van der Waals surface area contributed by atoms with Gasteiger partial charge < -0.3 is 5.32 Å². The van der Waals surface area contributed by atoms with E-state index < -0.39 is 0 Å². The Morgan fingerprint density at radius 1 is 1.16 bits per heavy atom. The molecule has 0 saturated heterocycles. The lowest BCUT2D eigenvalue weighted by molar-refractivity contribution is -0.115. The number of carbonyl (C=O) groups excluding carboxylic acids is 1. The molecule has 4 nitrogen and oxygen atoms in total. The molecule has 0 radical (unpaired) electrons. The van der Waals surface area contributed by atoms with Crippen molar-refractivity contribution < 1.29 is 4.79 Å². The quantitative estimate of drug-likeness (QED) is 0.711. The van der Waals surface area contributed by atoms with E-state index in [4.69, 9.17) is 5.10 Å². The van der Waals surface area contributed by atoms with Gasteiger partial charge in [-0.1, -0.05) is 24.3 Å². The minimum Gasteiger partial charge on any atom is -0.309 e. The molecule has 1 amide bonds. The van der Waals surface area contributed by atoms with Crippen LogP contribution in [0.25, 0.3) is 5.69 Å². The second-order valence-corrected chi connectivity index (χ2v) is 8.64. The van der Waals surface area contributed by atoms with Gasteiger partial charge in [0, 0.05) is 10.4 Å². The van der Waals surface area contributed by atoms with Crippen molar-refractivity contribution in [1.29, 1.82) is 0 Å². The molecule has 6 heteroatoms. The summed E-state index contributed by atoms with van der Waals surface area (Å²) in [5.74, 6) is 0.826. The van der Waals surface area contributed by atoms with E-state index in [0.717, 1.165) is 28.3 Å². The summed E-state index contributed by atoms with van der Waals surface area (Å²) in [6, 6.07) is 12.3. The second-order valence-electron chi connectivity index (χ2n) is 6.21. The molecule has 4 rings (SSSR count). The molecule has 128 valence electrons. The SMILES string of the molecule is Cc1ccccc1-n1nc(C)c2c1NC(=O)[C@@H](C)S[C@H]2c1cccs1. The average Bonchev–Trinajstić information content (AvgIpc) is 3.19. The third-order valence-electron chi connectivity index (χ3n) is 4.47. The van der Waals surface area contributed by atoms with Crippen molar-refractivity contribution in [2.45, 2.75) is 31.3 Å². The number of aromatic nitrogens is 2. The number of rotatable bonds is 2. The van der Waals surface area contributed by atoms with Crippen LogP contribution in [0, 0.1) is 13.8 Å². The standard InChI is InChI=1S/C19H19N3OS2/c1-11-7-4-5-8-14(11)22-18-16(12(2)21-22)17(15-9-6-10-24-15)25-13(3)19(23)20-18/h4-10,13,17H,1-3H3,(H,20,23)/t13-,17+/m1/s1. The maximum atomic E-state index is 12.6. The van der Waals surface area contributed by atoms with E-state index >= 15 is 0 Å². The molecule has 1 aromatic carbocycles. The zero-order valence-electron chi connectivity index (χ0n) is 14.3. The van der Waals surface area contributed by atoms with E-state index in [9.17, 15) is 4.79 Å². The van der Waals surface area contributed by atoms with Crippen LogP contribution >= 0.6 is 23.1 Å².